The van der Waals surface area contributed by atoms with Gasteiger partial charge >= 0.3 is 0 Å². The van der Waals surface area contributed by atoms with Crippen LogP contribution in [0, 0.1) is 0 Å². The van der Waals surface area contributed by atoms with Gasteiger partial charge in [-0.1, -0.05) is 26.0 Å². The third-order valence-corrected chi connectivity index (χ3v) is 5.33. The van der Waals surface area contributed by atoms with E-state index in [1.165, 1.54) is 5.56 Å². The predicted octanol–water partition coefficient (Wildman–Crippen LogP) is 3.26. The molecule has 6 nitrogen and oxygen atoms in total. The first-order chi connectivity index (χ1) is 13.0. The van der Waals surface area contributed by atoms with E-state index in [2.05, 4.69) is 54.0 Å². The van der Waals surface area contributed by atoms with E-state index in [1.54, 1.807) is 0 Å². The van der Waals surface area contributed by atoms with Gasteiger partial charge in [0, 0.05) is 43.4 Å². The Morgan fingerprint density at radius 3 is 2.74 bits per heavy atom. The molecule has 3 rings (SSSR count). The van der Waals surface area contributed by atoms with Gasteiger partial charge in [-0.25, -0.2) is 5.43 Å². The number of hydrogen-bond acceptors (Lipinski definition) is 4. The lowest BCUT2D eigenvalue weighted by molar-refractivity contribution is -0.132. The van der Waals surface area contributed by atoms with Gasteiger partial charge in [0.1, 0.15) is 0 Å². The van der Waals surface area contributed by atoms with Crippen molar-refractivity contribution in [3.8, 4) is 0 Å². The molecule has 2 amide bonds. The van der Waals surface area contributed by atoms with Crippen molar-refractivity contribution >= 4 is 23.2 Å². The molecule has 2 aliphatic rings. The molecule has 0 bridgehead atoms. The van der Waals surface area contributed by atoms with Gasteiger partial charge in [0.2, 0.25) is 11.8 Å². The van der Waals surface area contributed by atoms with Crippen LogP contribution in [0.3, 0.4) is 0 Å². The number of amides is 2. The van der Waals surface area contributed by atoms with Crippen LogP contribution in [0.2, 0.25) is 0 Å². The van der Waals surface area contributed by atoms with Crippen molar-refractivity contribution in [1.82, 2.24) is 10.3 Å². The number of hydrazone groups is 1. The Labute approximate surface area is 161 Å². The monoisotopic (exact) mass is 370 g/mol. The van der Waals surface area contributed by atoms with Gasteiger partial charge in [-0.2, -0.15) is 5.10 Å². The lowest BCUT2D eigenvalue weighted by Crippen LogP contribution is -2.45. The van der Waals surface area contributed by atoms with E-state index in [9.17, 15) is 9.59 Å². The molecule has 1 aromatic carbocycles. The maximum atomic E-state index is 12.6. The number of carbonyl (C=O) groups excluding carboxylic acids is 2. The summed E-state index contributed by atoms with van der Waals surface area (Å²) in [5, 5.41) is 7.63. The van der Waals surface area contributed by atoms with Gasteiger partial charge < -0.3 is 10.2 Å². The Kier molecular flexibility index (Phi) is 6.48. The SMILES string of the molecule is CC(C)c1ccc(N[C@H]2CCCN(C(=O)CCC3=NNC(=O)CC3)C2)cc1. The lowest BCUT2D eigenvalue weighted by atomic mass is 10.0. The van der Waals surface area contributed by atoms with Crippen LogP contribution < -0.4 is 10.7 Å². The maximum Gasteiger partial charge on any atom is 0.240 e. The van der Waals surface area contributed by atoms with Gasteiger partial charge in [0.25, 0.3) is 0 Å². The normalized spacial score (nSPS) is 20.3. The second kappa shape index (κ2) is 9.02. The highest BCUT2D eigenvalue weighted by Gasteiger charge is 2.24. The molecule has 1 saturated heterocycles. The number of likely N-dealkylation sites (tertiary alicyclic amines) is 1. The molecule has 1 aromatic rings. The van der Waals surface area contributed by atoms with E-state index in [1.807, 2.05) is 4.90 Å². The molecule has 0 unspecified atom stereocenters. The zero-order valence-corrected chi connectivity index (χ0v) is 16.3. The van der Waals surface area contributed by atoms with Gasteiger partial charge in [0.05, 0.1) is 0 Å². The smallest absolute Gasteiger partial charge is 0.240 e. The number of piperidine rings is 1. The lowest BCUT2D eigenvalue weighted by Gasteiger charge is -2.34. The Bertz CT molecular complexity index is 697. The summed E-state index contributed by atoms with van der Waals surface area (Å²) in [6, 6.07) is 8.89. The quantitative estimate of drug-likeness (QED) is 0.807. The Balaban J connectivity index is 1.48. The summed E-state index contributed by atoms with van der Waals surface area (Å²) in [6.07, 6.45) is 4.32. The fourth-order valence-electron chi connectivity index (χ4n) is 3.62. The minimum Gasteiger partial charge on any atom is -0.381 e. The number of rotatable bonds is 6. The van der Waals surface area contributed by atoms with E-state index >= 15 is 0 Å². The summed E-state index contributed by atoms with van der Waals surface area (Å²) in [5.74, 6) is 0.664. The molecule has 0 aliphatic carbocycles. The van der Waals surface area contributed by atoms with Crippen molar-refractivity contribution in [3.63, 3.8) is 0 Å². The summed E-state index contributed by atoms with van der Waals surface area (Å²) in [4.78, 5) is 25.7. The molecule has 6 heteroatoms. The number of anilines is 1. The first kappa shape index (κ1) is 19.4. The molecule has 2 heterocycles. The number of carbonyl (C=O) groups is 2. The second-order valence-electron chi connectivity index (χ2n) is 7.81. The van der Waals surface area contributed by atoms with E-state index in [-0.39, 0.29) is 11.8 Å². The van der Waals surface area contributed by atoms with Crippen LogP contribution >= 0.6 is 0 Å². The summed E-state index contributed by atoms with van der Waals surface area (Å²) in [5.41, 5.74) is 5.86. The Hall–Kier alpha value is -2.37. The summed E-state index contributed by atoms with van der Waals surface area (Å²) < 4.78 is 0. The molecule has 2 N–H and O–H groups in total. The van der Waals surface area contributed by atoms with Gasteiger partial charge in [-0.15, -0.1) is 0 Å². The molecule has 2 aliphatic heterocycles. The summed E-state index contributed by atoms with van der Waals surface area (Å²) >= 11 is 0. The summed E-state index contributed by atoms with van der Waals surface area (Å²) in [7, 11) is 0. The fraction of sp³-hybridized carbons (Fsp3) is 0.571. The van der Waals surface area contributed by atoms with Crippen LogP contribution in [0.15, 0.2) is 29.4 Å². The molecule has 0 saturated carbocycles. The maximum absolute atomic E-state index is 12.6. The number of benzene rings is 1. The van der Waals surface area contributed by atoms with Crippen LogP contribution in [0.25, 0.3) is 0 Å². The predicted molar refractivity (Wildman–Crippen MR) is 108 cm³/mol. The zero-order chi connectivity index (χ0) is 19.2. The summed E-state index contributed by atoms with van der Waals surface area (Å²) in [6.45, 7) is 5.96. The first-order valence-corrected chi connectivity index (χ1v) is 10.00. The average molecular weight is 370 g/mol. The zero-order valence-electron chi connectivity index (χ0n) is 16.3. The first-order valence-electron chi connectivity index (χ1n) is 10.00. The van der Waals surface area contributed by atoms with Crippen molar-refractivity contribution in [2.24, 2.45) is 5.10 Å². The van der Waals surface area contributed by atoms with Crippen molar-refractivity contribution in [3.05, 3.63) is 29.8 Å². The van der Waals surface area contributed by atoms with Crippen molar-refractivity contribution in [1.29, 1.82) is 0 Å². The molecule has 0 aromatic heterocycles. The topological polar surface area (TPSA) is 73.8 Å². The van der Waals surface area contributed by atoms with E-state index in [4.69, 9.17) is 0 Å². The molecule has 1 atom stereocenters. The minimum absolute atomic E-state index is 0.0450. The highest BCUT2D eigenvalue weighted by atomic mass is 16.2. The molecule has 0 radical (unpaired) electrons. The van der Waals surface area contributed by atoms with Crippen LogP contribution in [-0.2, 0) is 9.59 Å². The minimum atomic E-state index is -0.0450. The van der Waals surface area contributed by atoms with E-state index < -0.39 is 0 Å². The van der Waals surface area contributed by atoms with Crippen LogP contribution in [-0.4, -0.2) is 41.6 Å². The third-order valence-electron chi connectivity index (χ3n) is 5.33. The highest BCUT2D eigenvalue weighted by Crippen LogP contribution is 2.20. The van der Waals surface area contributed by atoms with Gasteiger partial charge in [-0.05, 0) is 49.3 Å². The van der Waals surface area contributed by atoms with Crippen LogP contribution in [0.4, 0.5) is 5.69 Å². The van der Waals surface area contributed by atoms with Crippen molar-refractivity contribution in [2.75, 3.05) is 18.4 Å². The number of nitrogens with one attached hydrogen (secondary N) is 2. The molecule has 146 valence electrons. The molecule has 27 heavy (non-hydrogen) atoms. The molecule has 0 spiro atoms. The van der Waals surface area contributed by atoms with Gasteiger partial charge in [-0.3, -0.25) is 9.59 Å². The number of nitrogens with zero attached hydrogens (tertiary/aromatic N) is 2. The highest BCUT2D eigenvalue weighted by molar-refractivity contribution is 5.94. The van der Waals surface area contributed by atoms with E-state index in [0.717, 1.165) is 37.3 Å². The van der Waals surface area contributed by atoms with E-state index in [0.29, 0.717) is 37.6 Å². The number of hydrogen-bond donors (Lipinski definition) is 2. The molecular formula is C21H30N4O2. The third kappa shape index (κ3) is 5.55. The molecule has 1 fully saturated rings. The van der Waals surface area contributed by atoms with Crippen molar-refractivity contribution < 1.29 is 9.59 Å². The fourth-order valence-corrected chi connectivity index (χ4v) is 3.62. The standard InChI is InChI=1S/C21H30N4O2/c1-15(2)16-5-7-17(8-6-16)22-19-4-3-13-25(14-19)21(27)12-10-18-9-11-20(26)24-23-18/h5-8,15,19,22H,3-4,9-14H2,1-2H3,(H,24,26)/t19-/m0/s1. The largest absolute Gasteiger partial charge is 0.381 e. The van der Waals surface area contributed by atoms with Crippen LogP contribution in [0.1, 0.15) is 63.9 Å². The molecular weight excluding hydrogens is 340 g/mol. The van der Waals surface area contributed by atoms with Gasteiger partial charge in [0.15, 0.2) is 0 Å². The van der Waals surface area contributed by atoms with Crippen molar-refractivity contribution in [2.45, 2.75) is 64.3 Å². The Morgan fingerprint density at radius 1 is 1.30 bits per heavy atom. The Morgan fingerprint density at radius 2 is 2.07 bits per heavy atom. The second-order valence-corrected chi connectivity index (χ2v) is 7.81. The van der Waals surface area contributed by atoms with Crippen LogP contribution in [0.5, 0.6) is 0 Å². The average Bonchev–Trinajstić information content (AvgIpc) is 2.68.